The monoisotopic (exact) mass is 385 g/mol. The third-order valence-electron chi connectivity index (χ3n) is 3.51. The van der Waals surface area contributed by atoms with Crippen LogP contribution in [-0.4, -0.2) is 23.4 Å². The van der Waals surface area contributed by atoms with E-state index in [0.29, 0.717) is 16.3 Å². The van der Waals surface area contributed by atoms with Crippen molar-refractivity contribution in [2.75, 3.05) is 6.61 Å². The van der Waals surface area contributed by atoms with Crippen LogP contribution in [0.3, 0.4) is 0 Å². The summed E-state index contributed by atoms with van der Waals surface area (Å²) in [5.74, 6) is -0.906. The van der Waals surface area contributed by atoms with Crippen molar-refractivity contribution >= 4 is 23.2 Å². The molecule has 2 amide bonds. The zero-order valence-corrected chi connectivity index (χ0v) is 15.2. The molecule has 0 unspecified atom stereocenters. The van der Waals surface area contributed by atoms with Gasteiger partial charge in [-0.2, -0.15) is 0 Å². The average molecular weight is 385 g/mol. The molecule has 0 saturated carbocycles. The molecule has 0 spiro atoms. The summed E-state index contributed by atoms with van der Waals surface area (Å²) in [7, 11) is 0. The predicted molar refractivity (Wildman–Crippen MR) is 99.8 cm³/mol. The quantitative estimate of drug-likeness (QED) is 0.662. The SMILES string of the molecule is Cc1cccc(OCC(=O)NNC(=O)c2cnc(-c3ccccc3F)s2)c1. The molecule has 0 fully saturated rings. The highest BCUT2D eigenvalue weighted by Gasteiger charge is 2.14. The minimum Gasteiger partial charge on any atom is -0.484 e. The second-order valence-electron chi connectivity index (χ2n) is 5.62. The lowest BCUT2D eigenvalue weighted by Crippen LogP contribution is -2.43. The van der Waals surface area contributed by atoms with Crippen molar-refractivity contribution in [3.05, 3.63) is 71.0 Å². The predicted octanol–water partition coefficient (Wildman–Crippen LogP) is 3.10. The Labute approximate surface area is 159 Å². The second kappa shape index (κ2) is 8.41. The number of thiazole rings is 1. The van der Waals surface area contributed by atoms with E-state index in [-0.39, 0.29) is 11.5 Å². The van der Waals surface area contributed by atoms with Gasteiger partial charge in [-0.15, -0.1) is 11.3 Å². The third kappa shape index (κ3) is 4.89. The van der Waals surface area contributed by atoms with E-state index in [2.05, 4.69) is 15.8 Å². The summed E-state index contributed by atoms with van der Waals surface area (Å²) in [6, 6.07) is 13.4. The van der Waals surface area contributed by atoms with E-state index < -0.39 is 17.6 Å². The van der Waals surface area contributed by atoms with Crippen LogP contribution in [0.5, 0.6) is 5.75 Å². The first-order chi connectivity index (χ1) is 13.0. The smallest absolute Gasteiger partial charge is 0.281 e. The van der Waals surface area contributed by atoms with Crippen LogP contribution in [-0.2, 0) is 4.79 Å². The number of aromatic nitrogens is 1. The maximum atomic E-state index is 13.8. The molecule has 8 heteroatoms. The number of aryl methyl sites for hydroxylation is 1. The Kier molecular flexibility index (Phi) is 5.77. The molecule has 0 aliphatic carbocycles. The number of carbonyl (C=O) groups excluding carboxylic acids is 2. The Bertz CT molecular complexity index is 974. The van der Waals surface area contributed by atoms with E-state index in [0.717, 1.165) is 16.9 Å². The van der Waals surface area contributed by atoms with E-state index in [1.165, 1.54) is 12.3 Å². The lowest BCUT2D eigenvalue weighted by molar-refractivity contribution is -0.123. The molecule has 2 N–H and O–H groups in total. The van der Waals surface area contributed by atoms with Gasteiger partial charge in [-0.25, -0.2) is 9.37 Å². The minimum atomic E-state index is -0.543. The molecular formula is C19H16FN3O3S. The summed E-state index contributed by atoms with van der Waals surface area (Å²) in [6.07, 6.45) is 1.33. The van der Waals surface area contributed by atoms with Gasteiger partial charge >= 0.3 is 0 Å². The maximum Gasteiger partial charge on any atom is 0.281 e. The molecule has 0 atom stereocenters. The Hall–Kier alpha value is -3.26. The summed E-state index contributed by atoms with van der Waals surface area (Å²) in [5, 5.41) is 0.382. The van der Waals surface area contributed by atoms with Crippen molar-refractivity contribution in [2.24, 2.45) is 0 Å². The molecule has 27 heavy (non-hydrogen) atoms. The minimum absolute atomic E-state index is 0.243. The van der Waals surface area contributed by atoms with Crippen molar-refractivity contribution in [3.8, 4) is 16.3 Å². The number of ether oxygens (including phenoxy) is 1. The highest BCUT2D eigenvalue weighted by atomic mass is 32.1. The van der Waals surface area contributed by atoms with Gasteiger partial charge in [0.1, 0.15) is 21.5 Å². The molecule has 0 saturated heterocycles. The largest absolute Gasteiger partial charge is 0.484 e. The van der Waals surface area contributed by atoms with Crippen LogP contribution >= 0.6 is 11.3 Å². The Morgan fingerprint density at radius 2 is 1.96 bits per heavy atom. The van der Waals surface area contributed by atoms with Gasteiger partial charge in [0.05, 0.1) is 6.20 Å². The molecule has 1 heterocycles. The average Bonchev–Trinajstić information content (AvgIpc) is 3.15. The van der Waals surface area contributed by atoms with Crippen molar-refractivity contribution < 1.29 is 18.7 Å². The van der Waals surface area contributed by atoms with Gasteiger partial charge in [-0.1, -0.05) is 24.3 Å². The van der Waals surface area contributed by atoms with E-state index >= 15 is 0 Å². The van der Waals surface area contributed by atoms with Crippen molar-refractivity contribution in [1.82, 2.24) is 15.8 Å². The Balaban J connectivity index is 1.52. The first kappa shape index (κ1) is 18.5. The molecular weight excluding hydrogens is 369 g/mol. The van der Waals surface area contributed by atoms with Crippen LogP contribution in [0.1, 0.15) is 15.2 Å². The third-order valence-corrected chi connectivity index (χ3v) is 4.54. The number of hydrogen-bond acceptors (Lipinski definition) is 5. The molecule has 2 aromatic carbocycles. The number of nitrogens with zero attached hydrogens (tertiary/aromatic N) is 1. The highest BCUT2D eigenvalue weighted by molar-refractivity contribution is 7.16. The van der Waals surface area contributed by atoms with Crippen LogP contribution in [0.4, 0.5) is 4.39 Å². The van der Waals surface area contributed by atoms with E-state index in [1.54, 1.807) is 30.3 Å². The summed E-state index contributed by atoms with van der Waals surface area (Å²) >= 11 is 1.03. The Morgan fingerprint density at radius 3 is 2.74 bits per heavy atom. The van der Waals surface area contributed by atoms with Crippen LogP contribution in [0, 0.1) is 12.7 Å². The fourth-order valence-corrected chi connectivity index (χ4v) is 3.05. The lowest BCUT2D eigenvalue weighted by atomic mass is 10.2. The van der Waals surface area contributed by atoms with Crippen molar-refractivity contribution in [3.63, 3.8) is 0 Å². The van der Waals surface area contributed by atoms with E-state index in [1.807, 2.05) is 19.1 Å². The molecule has 0 aliphatic heterocycles. The van der Waals surface area contributed by atoms with Crippen LogP contribution in [0.2, 0.25) is 0 Å². The normalized spacial score (nSPS) is 10.3. The van der Waals surface area contributed by atoms with Crippen molar-refractivity contribution in [1.29, 1.82) is 0 Å². The van der Waals surface area contributed by atoms with Gasteiger partial charge in [0.2, 0.25) is 0 Å². The molecule has 3 rings (SSSR count). The topological polar surface area (TPSA) is 80.3 Å². The number of benzene rings is 2. The summed E-state index contributed by atoms with van der Waals surface area (Å²) in [4.78, 5) is 28.2. The molecule has 0 bridgehead atoms. The first-order valence-electron chi connectivity index (χ1n) is 8.02. The lowest BCUT2D eigenvalue weighted by Gasteiger charge is -2.08. The number of amides is 2. The van der Waals surface area contributed by atoms with Gasteiger partial charge in [0, 0.05) is 5.56 Å². The molecule has 3 aromatic rings. The molecule has 1 aromatic heterocycles. The fraction of sp³-hybridized carbons (Fsp3) is 0.105. The van der Waals surface area contributed by atoms with Crippen molar-refractivity contribution in [2.45, 2.75) is 6.92 Å². The summed E-state index contributed by atoms with van der Waals surface area (Å²) in [6.45, 7) is 1.67. The molecule has 0 radical (unpaired) electrons. The number of nitrogens with one attached hydrogen (secondary N) is 2. The fourth-order valence-electron chi connectivity index (χ4n) is 2.22. The van der Waals surface area contributed by atoms with E-state index in [4.69, 9.17) is 4.74 Å². The first-order valence-corrected chi connectivity index (χ1v) is 8.84. The van der Waals surface area contributed by atoms with E-state index in [9.17, 15) is 14.0 Å². The number of hydrazine groups is 1. The van der Waals surface area contributed by atoms with Gasteiger partial charge < -0.3 is 4.74 Å². The zero-order chi connectivity index (χ0) is 19.2. The number of halogens is 1. The summed E-state index contributed by atoms with van der Waals surface area (Å²) < 4.78 is 19.1. The van der Waals surface area contributed by atoms with Crippen LogP contribution in [0.15, 0.2) is 54.7 Å². The van der Waals surface area contributed by atoms with Crippen LogP contribution < -0.4 is 15.6 Å². The summed E-state index contributed by atoms with van der Waals surface area (Å²) in [5.41, 5.74) is 5.88. The van der Waals surface area contributed by atoms with Gasteiger partial charge in [-0.3, -0.25) is 20.4 Å². The van der Waals surface area contributed by atoms with Gasteiger partial charge in [-0.05, 0) is 36.8 Å². The second-order valence-corrected chi connectivity index (χ2v) is 6.65. The standard InChI is InChI=1S/C19H16FN3O3S/c1-12-5-4-6-13(9-12)26-11-17(24)22-23-18(25)16-10-21-19(27-16)14-7-2-3-8-15(14)20/h2-10H,11H2,1H3,(H,22,24)(H,23,25). The highest BCUT2D eigenvalue weighted by Crippen LogP contribution is 2.27. The molecule has 6 nitrogen and oxygen atoms in total. The number of rotatable bonds is 5. The molecule has 138 valence electrons. The number of carbonyl (C=O) groups is 2. The number of hydrogen-bond donors (Lipinski definition) is 2. The maximum absolute atomic E-state index is 13.8. The van der Waals surface area contributed by atoms with Gasteiger partial charge in [0.15, 0.2) is 6.61 Å². The van der Waals surface area contributed by atoms with Crippen LogP contribution in [0.25, 0.3) is 10.6 Å². The molecule has 0 aliphatic rings. The van der Waals surface area contributed by atoms with Gasteiger partial charge in [0.25, 0.3) is 11.8 Å². The Morgan fingerprint density at radius 1 is 1.15 bits per heavy atom. The zero-order valence-electron chi connectivity index (χ0n) is 14.4.